The first-order valence-electron chi connectivity index (χ1n) is 5.53. The van der Waals surface area contributed by atoms with Crippen molar-refractivity contribution in [3.63, 3.8) is 0 Å². The molecule has 0 aliphatic rings. The van der Waals surface area contributed by atoms with E-state index in [1.54, 1.807) is 35.7 Å². The lowest BCUT2D eigenvalue weighted by atomic mass is 10.1. The molecule has 0 fully saturated rings. The van der Waals surface area contributed by atoms with Gasteiger partial charge in [0.2, 0.25) is 0 Å². The van der Waals surface area contributed by atoms with Gasteiger partial charge in [-0.1, -0.05) is 35.2 Å². The van der Waals surface area contributed by atoms with Crippen LogP contribution in [-0.4, -0.2) is 30.1 Å². The van der Waals surface area contributed by atoms with E-state index in [9.17, 15) is 0 Å². The molecule has 0 aliphatic heterocycles. The Morgan fingerprint density at radius 2 is 2.39 bits per heavy atom. The number of nitrogens with one attached hydrogen (secondary N) is 1. The monoisotopic (exact) mass is 281 g/mol. The summed E-state index contributed by atoms with van der Waals surface area (Å²) in [6.07, 6.45) is 0. The van der Waals surface area contributed by atoms with Crippen molar-refractivity contribution in [1.29, 1.82) is 0 Å². The van der Waals surface area contributed by atoms with Crippen molar-refractivity contribution in [2.75, 3.05) is 19.9 Å². The highest BCUT2D eigenvalue weighted by Gasteiger charge is 2.11. The molecular formula is C12H15N3OS2. The topological polar surface area (TPSA) is 47.0 Å². The zero-order valence-corrected chi connectivity index (χ0v) is 11.9. The van der Waals surface area contributed by atoms with E-state index in [4.69, 9.17) is 4.74 Å². The molecule has 1 aromatic carbocycles. The first kappa shape index (κ1) is 13.3. The predicted molar refractivity (Wildman–Crippen MR) is 75.4 cm³/mol. The molecule has 0 saturated heterocycles. The van der Waals surface area contributed by atoms with Crippen LogP contribution in [0, 0.1) is 0 Å². The summed E-state index contributed by atoms with van der Waals surface area (Å²) in [5.41, 5.74) is 2.97. The molecule has 1 unspecified atom stereocenters. The zero-order chi connectivity index (χ0) is 12.8. The Labute approximate surface area is 115 Å². The molecule has 0 saturated carbocycles. The fraction of sp³-hybridized carbons (Fsp3) is 0.333. The summed E-state index contributed by atoms with van der Waals surface area (Å²) in [4.78, 5) is 0. The van der Waals surface area contributed by atoms with Gasteiger partial charge < -0.3 is 10.1 Å². The van der Waals surface area contributed by atoms with Gasteiger partial charge >= 0.3 is 0 Å². The van der Waals surface area contributed by atoms with E-state index in [2.05, 4.69) is 27.6 Å². The highest BCUT2D eigenvalue weighted by Crippen LogP contribution is 2.26. The number of methoxy groups -OCH3 is 1. The van der Waals surface area contributed by atoms with Crippen LogP contribution in [0.3, 0.4) is 0 Å². The molecule has 2 rings (SSSR count). The number of benzene rings is 1. The smallest absolute Gasteiger partial charge is 0.174 e. The van der Waals surface area contributed by atoms with Gasteiger partial charge in [-0.3, -0.25) is 0 Å². The normalized spacial score (nSPS) is 12.3. The number of ether oxygens (including phenoxy) is 1. The molecule has 4 nitrogen and oxygen atoms in total. The van der Waals surface area contributed by atoms with Crippen molar-refractivity contribution in [3.05, 3.63) is 35.3 Å². The van der Waals surface area contributed by atoms with E-state index in [1.165, 1.54) is 5.56 Å². The predicted octanol–water partition coefficient (Wildman–Crippen LogP) is 2.60. The van der Waals surface area contributed by atoms with Crippen LogP contribution in [0.15, 0.2) is 34.1 Å². The van der Waals surface area contributed by atoms with Gasteiger partial charge in [-0.05, 0) is 24.7 Å². The van der Waals surface area contributed by atoms with Crippen LogP contribution in [0.1, 0.15) is 11.6 Å². The fourth-order valence-corrected chi connectivity index (χ4v) is 3.24. The maximum atomic E-state index is 5.25. The minimum absolute atomic E-state index is 0.272. The van der Waals surface area contributed by atoms with Crippen molar-refractivity contribution in [3.8, 4) is 5.75 Å². The summed E-state index contributed by atoms with van der Waals surface area (Å²) in [5, 5.41) is 11.2. The molecule has 6 heteroatoms. The minimum Gasteiger partial charge on any atom is -0.497 e. The van der Waals surface area contributed by atoms with Gasteiger partial charge in [-0.2, -0.15) is 0 Å². The van der Waals surface area contributed by atoms with E-state index >= 15 is 0 Å². The van der Waals surface area contributed by atoms with Gasteiger partial charge in [0.25, 0.3) is 0 Å². The number of thioether (sulfide) groups is 1. The van der Waals surface area contributed by atoms with Gasteiger partial charge in [0.15, 0.2) is 4.34 Å². The quantitative estimate of drug-likeness (QED) is 0.825. The lowest BCUT2D eigenvalue weighted by molar-refractivity contribution is 0.413. The summed E-state index contributed by atoms with van der Waals surface area (Å²) in [6, 6.07) is 8.39. The molecule has 1 aromatic heterocycles. The Hall–Kier alpha value is -1.11. The van der Waals surface area contributed by atoms with Crippen LogP contribution in [0.25, 0.3) is 0 Å². The SMILES string of the molecule is CNC(CSc1nncs1)c1cccc(OC)c1. The number of rotatable bonds is 6. The Kier molecular flexibility index (Phi) is 4.98. The molecule has 0 aliphatic carbocycles. The molecule has 18 heavy (non-hydrogen) atoms. The van der Waals surface area contributed by atoms with Gasteiger partial charge in [0, 0.05) is 11.8 Å². The number of hydrogen-bond acceptors (Lipinski definition) is 6. The van der Waals surface area contributed by atoms with Crippen LogP contribution in [-0.2, 0) is 0 Å². The van der Waals surface area contributed by atoms with Crippen molar-refractivity contribution in [2.24, 2.45) is 0 Å². The van der Waals surface area contributed by atoms with Crippen molar-refractivity contribution in [1.82, 2.24) is 15.5 Å². The van der Waals surface area contributed by atoms with E-state index in [1.807, 2.05) is 19.2 Å². The standard InChI is InChI=1S/C12H15N3OS2/c1-13-11(7-17-12-15-14-8-18-12)9-4-3-5-10(6-9)16-2/h3-6,8,11,13H,7H2,1-2H3. The van der Waals surface area contributed by atoms with Crippen LogP contribution in [0.4, 0.5) is 0 Å². The van der Waals surface area contributed by atoms with Gasteiger partial charge in [-0.25, -0.2) is 0 Å². The van der Waals surface area contributed by atoms with Gasteiger partial charge in [-0.15, -0.1) is 10.2 Å². The second kappa shape index (κ2) is 6.72. The van der Waals surface area contributed by atoms with Crippen LogP contribution in [0.2, 0.25) is 0 Å². The first-order valence-corrected chi connectivity index (χ1v) is 7.40. The molecule has 2 aromatic rings. The molecule has 1 atom stereocenters. The lowest BCUT2D eigenvalue weighted by Gasteiger charge is -2.16. The van der Waals surface area contributed by atoms with Crippen LogP contribution in [0.5, 0.6) is 5.75 Å². The average Bonchev–Trinajstić information content (AvgIpc) is 2.93. The second-order valence-corrected chi connectivity index (χ2v) is 5.73. The van der Waals surface area contributed by atoms with E-state index < -0.39 is 0 Å². The number of nitrogens with zero attached hydrogens (tertiary/aromatic N) is 2. The molecule has 1 heterocycles. The first-order chi connectivity index (χ1) is 8.83. The number of hydrogen-bond donors (Lipinski definition) is 1. The van der Waals surface area contributed by atoms with E-state index in [0.29, 0.717) is 0 Å². The summed E-state index contributed by atoms with van der Waals surface area (Å²) >= 11 is 3.28. The van der Waals surface area contributed by atoms with Crippen LogP contribution >= 0.6 is 23.1 Å². The van der Waals surface area contributed by atoms with E-state index in [-0.39, 0.29) is 6.04 Å². The Balaban J connectivity index is 2.03. The summed E-state index contributed by atoms with van der Waals surface area (Å²) < 4.78 is 6.24. The van der Waals surface area contributed by atoms with Crippen molar-refractivity contribution < 1.29 is 4.74 Å². The molecule has 1 N–H and O–H groups in total. The van der Waals surface area contributed by atoms with Crippen LogP contribution < -0.4 is 10.1 Å². The lowest BCUT2D eigenvalue weighted by Crippen LogP contribution is -2.18. The van der Waals surface area contributed by atoms with Crippen molar-refractivity contribution >= 4 is 23.1 Å². The van der Waals surface area contributed by atoms with Gasteiger partial charge in [0.05, 0.1) is 7.11 Å². The maximum absolute atomic E-state index is 5.25. The maximum Gasteiger partial charge on any atom is 0.174 e. The molecule has 0 radical (unpaired) electrons. The molecule has 0 spiro atoms. The summed E-state index contributed by atoms with van der Waals surface area (Å²) in [6.45, 7) is 0. The molecule has 96 valence electrons. The largest absolute Gasteiger partial charge is 0.497 e. The average molecular weight is 281 g/mol. The molecular weight excluding hydrogens is 266 g/mol. The second-order valence-electron chi connectivity index (χ2n) is 3.63. The Morgan fingerprint density at radius 3 is 3.06 bits per heavy atom. The van der Waals surface area contributed by atoms with Crippen molar-refractivity contribution in [2.45, 2.75) is 10.4 Å². The zero-order valence-electron chi connectivity index (χ0n) is 10.3. The molecule has 0 amide bonds. The molecule has 0 bridgehead atoms. The highest BCUT2D eigenvalue weighted by atomic mass is 32.2. The highest BCUT2D eigenvalue weighted by molar-refractivity contribution is 8.01. The Morgan fingerprint density at radius 1 is 1.50 bits per heavy atom. The Bertz CT molecular complexity index is 476. The summed E-state index contributed by atoms with van der Waals surface area (Å²) in [7, 11) is 3.65. The summed E-state index contributed by atoms with van der Waals surface area (Å²) in [5.74, 6) is 1.80. The van der Waals surface area contributed by atoms with E-state index in [0.717, 1.165) is 15.8 Å². The number of aromatic nitrogens is 2. The minimum atomic E-state index is 0.272. The van der Waals surface area contributed by atoms with Gasteiger partial charge in [0.1, 0.15) is 11.3 Å². The fourth-order valence-electron chi connectivity index (χ4n) is 1.58. The third-order valence-electron chi connectivity index (χ3n) is 2.56. The third-order valence-corrected chi connectivity index (χ3v) is 4.51. The third kappa shape index (κ3) is 3.44.